The SMILES string of the molecule is CC.CCOc1nnc(O[C@@H]2C[C@H]3C(=O)N[C@]4(C(=O)NS(=O)(=O)C5(C)CC5)C[C@H]4/C=C\CC[C@@H](C)C[C@@H](CC)[C@H](NC(=O)OC(C)(C)C)C(=O)N3C2)c2ccccc12.[HH].[HH].[HH]. The molecule has 6 rings (SSSR count). The number of benzene rings is 1. The van der Waals surface area contributed by atoms with Gasteiger partial charge in [-0.3, -0.25) is 19.1 Å². The van der Waals surface area contributed by atoms with Gasteiger partial charge in [-0.1, -0.05) is 58.4 Å². The van der Waals surface area contributed by atoms with Crippen molar-refractivity contribution in [3.05, 3.63) is 36.4 Å². The van der Waals surface area contributed by atoms with Crippen LogP contribution in [0.1, 0.15) is 118 Å². The van der Waals surface area contributed by atoms with Crippen LogP contribution in [0.2, 0.25) is 0 Å². The number of nitrogens with zero attached hydrogens (tertiary/aromatic N) is 3. The second-order valence-electron chi connectivity index (χ2n) is 17.1. The Balaban J connectivity index is 0.00000252. The molecule has 0 spiro atoms. The van der Waals surface area contributed by atoms with Crippen molar-refractivity contribution in [2.75, 3.05) is 13.2 Å². The van der Waals surface area contributed by atoms with Gasteiger partial charge in [0.1, 0.15) is 29.3 Å². The molecule has 3 N–H and O–H groups in total. The number of ether oxygens (including phenoxy) is 3. The van der Waals surface area contributed by atoms with Crippen LogP contribution in [0.25, 0.3) is 10.8 Å². The lowest BCUT2D eigenvalue weighted by molar-refractivity contribution is -0.142. The van der Waals surface area contributed by atoms with E-state index in [1.807, 2.05) is 64.1 Å². The minimum absolute atomic E-state index is 0. The average molecular weight is 833 g/mol. The number of carbonyl (C=O) groups is 4. The predicted molar refractivity (Wildman–Crippen MR) is 226 cm³/mol. The van der Waals surface area contributed by atoms with Crippen molar-refractivity contribution in [3.63, 3.8) is 0 Å². The predicted octanol–water partition coefficient (Wildman–Crippen LogP) is 6.31. The first-order valence-electron chi connectivity index (χ1n) is 20.8. The van der Waals surface area contributed by atoms with Crippen molar-refractivity contribution < 1.29 is 46.1 Å². The normalized spacial score (nSPS) is 28.8. The second kappa shape index (κ2) is 17.8. The van der Waals surface area contributed by atoms with E-state index in [2.05, 4.69) is 32.5 Å². The Labute approximate surface area is 347 Å². The molecule has 1 saturated heterocycles. The molecular weight excluding hydrogens is 765 g/mol. The fraction of sp³-hybridized carbons (Fsp3) is 0.667. The monoisotopic (exact) mass is 832 g/mol. The topological polar surface area (TPSA) is 195 Å². The van der Waals surface area contributed by atoms with Crippen LogP contribution < -0.4 is 24.8 Å². The summed E-state index contributed by atoms with van der Waals surface area (Å²) in [5.41, 5.74) is -2.37. The summed E-state index contributed by atoms with van der Waals surface area (Å²) in [5.74, 6) is -2.01. The molecule has 0 unspecified atom stereocenters. The van der Waals surface area contributed by atoms with Crippen LogP contribution in [0.4, 0.5) is 4.79 Å². The molecule has 4 aliphatic rings. The Hall–Kier alpha value is -4.47. The second-order valence-corrected chi connectivity index (χ2v) is 19.3. The number of alkyl carbamates (subject to hydrolysis) is 1. The Morgan fingerprint density at radius 1 is 1.05 bits per heavy atom. The van der Waals surface area contributed by atoms with Crippen LogP contribution in [0.15, 0.2) is 36.4 Å². The number of hydrogen-bond donors (Lipinski definition) is 3. The summed E-state index contributed by atoms with van der Waals surface area (Å²) in [6, 6.07) is 5.14. The maximum Gasteiger partial charge on any atom is 0.408 e. The number of nitrogens with one attached hydrogen (secondary N) is 3. The fourth-order valence-electron chi connectivity index (χ4n) is 7.79. The number of allylic oxidation sites excluding steroid dienone is 1. The third kappa shape index (κ3) is 9.86. The first-order chi connectivity index (χ1) is 27.4. The standard InChI is InChI=1S/C40H56N6O9S.C2H6.3H2/c1-8-25-20-24(3)14-10-11-15-26-22-40(26,36(49)45-56(51,52)39(7)18-19-39)42-32(47)30-21-27(23-46(30)35(48)31(25)41-37(50)55-38(4,5)6)54-34-29-17-13-12-16-28(29)33(43-44-34)53-9-2;1-2;;;/h11-13,15-17,24-27,30-31H,8-10,14,18-23H2,1-7H3,(H,41,50)(H,42,47)(H,45,49);1-2H3;3*1H/b15-11-;;;;/t24-,25-,26-,27-,30+,31+,40-;;;;/m1..../s1. The van der Waals surface area contributed by atoms with E-state index in [9.17, 15) is 27.6 Å². The molecule has 58 heavy (non-hydrogen) atoms. The van der Waals surface area contributed by atoms with E-state index in [0.717, 1.165) is 6.42 Å². The molecule has 7 atom stereocenters. The molecule has 16 heteroatoms. The largest absolute Gasteiger partial charge is 0.476 e. The lowest BCUT2D eigenvalue weighted by atomic mass is 9.85. The van der Waals surface area contributed by atoms with Gasteiger partial charge < -0.3 is 29.7 Å². The van der Waals surface area contributed by atoms with Crippen LogP contribution >= 0.6 is 0 Å². The van der Waals surface area contributed by atoms with Crippen LogP contribution in [0, 0.1) is 17.8 Å². The zero-order valence-corrected chi connectivity index (χ0v) is 36.2. The summed E-state index contributed by atoms with van der Waals surface area (Å²) in [5, 5.41) is 15.6. The number of rotatable bonds is 9. The zero-order chi connectivity index (χ0) is 42.6. The highest BCUT2D eigenvalue weighted by Crippen LogP contribution is 2.47. The van der Waals surface area contributed by atoms with Crippen molar-refractivity contribution in [2.24, 2.45) is 17.8 Å². The highest BCUT2D eigenvalue weighted by atomic mass is 32.2. The van der Waals surface area contributed by atoms with E-state index in [-0.39, 0.29) is 41.4 Å². The molecule has 2 aromatic rings. The summed E-state index contributed by atoms with van der Waals surface area (Å²) < 4.78 is 45.4. The summed E-state index contributed by atoms with van der Waals surface area (Å²) in [4.78, 5) is 58.2. The molecule has 1 aromatic carbocycles. The molecule has 2 aliphatic heterocycles. The third-order valence-corrected chi connectivity index (χ3v) is 13.6. The quantitative estimate of drug-likeness (QED) is 0.240. The minimum atomic E-state index is -4.01. The van der Waals surface area contributed by atoms with Gasteiger partial charge in [0.15, 0.2) is 0 Å². The Morgan fingerprint density at radius 2 is 1.71 bits per heavy atom. The molecule has 4 amide bonds. The molecule has 1 aromatic heterocycles. The number of hydrogen-bond acceptors (Lipinski definition) is 11. The molecule has 2 aliphatic carbocycles. The molecule has 3 fully saturated rings. The maximum absolute atomic E-state index is 14.9. The molecule has 2 saturated carbocycles. The van der Waals surface area contributed by atoms with Crippen molar-refractivity contribution in [2.45, 2.75) is 148 Å². The lowest BCUT2D eigenvalue weighted by Crippen LogP contribution is -2.59. The van der Waals surface area contributed by atoms with Gasteiger partial charge in [-0.25, -0.2) is 13.2 Å². The molecule has 326 valence electrons. The van der Waals surface area contributed by atoms with Crippen LogP contribution in [0.3, 0.4) is 0 Å². The van der Waals surface area contributed by atoms with E-state index >= 15 is 0 Å². The summed E-state index contributed by atoms with van der Waals surface area (Å²) in [6.07, 6.45) is 6.02. The molecular formula is C42H68N6O9S. The van der Waals surface area contributed by atoms with E-state index in [0.29, 0.717) is 55.4 Å². The number of carbonyl (C=O) groups excluding carboxylic acids is 4. The first-order valence-corrected chi connectivity index (χ1v) is 22.3. The Kier molecular flexibility index (Phi) is 13.7. The van der Waals surface area contributed by atoms with Gasteiger partial charge in [-0.2, -0.15) is 0 Å². The molecule has 0 bridgehead atoms. The van der Waals surface area contributed by atoms with Gasteiger partial charge in [0.25, 0.3) is 5.91 Å². The average Bonchev–Trinajstić information content (AvgIpc) is 4.05. The summed E-state index contributed by atoms with van der Waals surface area (Å²) in [6.45, 7) is 17.0. The van der Waals surface area contributed by atoms with Crippen molar-refractivity contribution >= 4 is 44.6 Å². The summed E-state index contributed by atoms with van der Waals surface area (Å²) >= 11 is 0. The van der Waals surface area contributed by atoms with Crippen molar-refractivity contribution in [1.29, 1.82) is 0 Å². The van der Waals surface area contributed by atoms with Gasteiger partial charge in [-0.15, -0.1) is 10.2 Å². The number of amides is 4. The number of fused-ring (bicyclic) bond motifs is 3. The van der Waals surface area contributed by atoms with Crippen LogP contribution in [0.5, 0.6) is 11.8 Å². The highest BCUT2D eigenvalue weighted by molar-refractivity contribution is 7.91. The van der Waals surface area contributed by atoms with E-state index in [1.54, 1.807) is 27.7 Å². The number of aromatic nitrogens is 2. The van der Waals surface area contributed by atoms with Gasteiger partial charge in [-0.05, 0) is 97.1 Å². The van der Waals surface area contributed by atoms with Gasteiger partial charge in [0.2, 0.25) is 33.6 Å². The molecule has 0 radical (unpaired) electrons. The Bertz CT molecular complexity index is 2000. The minimum Gasteiger partial charge on any atom is -0.476 e. The van der Waals surface area contributed by atoms with Gasteiger partial charge >= 0.3 is 6.09 Å². The van der Waals surface area contributed by atoms with Gasteiger partial charge in [0, 0.05) is 16.6 Å². The van der Waals surface area contributed by atoms with E-state index < -0.39 is 73.8 Å². The Morgan fingerprint density at radius 3 is 2.33 bits per heavy atom. The smallest absolute Gasteiger partial charge is 0.408 e. The molecule has 15 nitrogen and oxygen atoms in total. The fourth-order valence-corrected chi connectivity index (χ4v) is 9.10. The maximum atomic E-state index is 14.9. The van der Waals surface area contributed by atoms with Crippen molar-refractivity contribution in [3.8, 4) is 11.8 Å². The summed E-state index contributed by atoms with van der Waals surface area (Å²) in [7, 11) is -4.01. The lowest BCUT2D eigenvalue weighted by Gasteiger charge is -2.34. The molecule has 3 heterocycles. The van der Waals surface area contributed by atoms with Gasteiger partial charge in [0.05, 0.1) is 28.7 Å². The van der Waals surface area contributed by atoms with Crippen LogP contribution in [-0.2, 0) is 29.1 Å². The third-order valence-electron chi connectivity index (χ3n) is 11.5. The highest BCUT2D eigenvalue weighted by Gasteiger charge is 2.63. The van der Waals surface area contributed by atoms with E-state index in [1.165, 1.54) is 4.90 Å². The zero-order valence-electron chi connectivity index (χ0n) is 35.4. The number of sulfonamides is 1. The van der Waals surface area contributed by atoms with Crippen LogP contribution in [-0.4, -0.2) is 94.6 Å². The van der Waals surface area contributed by atoms with Crippen molar-refractivity contribution in [1.82, 2.24) is 30.5 Å². The van der Waals surface area contributed by atoms with E-state index in [4.69, 9.17) is 14.2 Å². The first kappa shape index (κ1) is 44.6.